The van der Waals surface area contributed by atoms with Gasteiger partial charge in [0.25, 0.3) is 0 Å². The lowest BCUT2D eigenvalue weighted by Crippen LogP contribution is -2.28. The first-order valence-corrected chi connectivity index (χ1v) is 8.12. The maximum absolute atomic E-state index is 11.5. The fourth-order valence-corrected chi connectivity index (χ4v) is 3.10. The standard InChI is InChI=1S/C9H15ClN2O2S2/c10-4-1-2-8-16(13,14)12-5-3-9-11-6-7-15-9/h6-7,12H,1-5,8H2. The van der Waals surface area contributed by atoms with Crippen LogP contribution in [0.1, 0.15) is 17.8 Å². The molecule has 0 aromatic carbocycles. The van der Waals surface area contributed by atoms with Crippen molar-refractivity contribution in [3.8, 4) is 0 Å². The molecule has 1 N–H and O–H groups in total. The molecule has 0 radical (unpaired) electrons. The normalized spacial score (nSPS) is 11.8. The molecule has 0 amide bonds. The molecule has 0 fully saturated rings. The second-order valence-electron chi connectivity index (χ2n) is 3.29. The average Bonchev–Trinajstić information content (AvgIpc) is 2.70. The molecule has 0 spiro atoms. The third-order valence-electron chi connectivity index (χ3n) is 1.94. The Labute approximate surface area is 105 Å². The number of alkyl halides is 1. The minimum absolute atomic E-state index is 0.150. The van der Waals surface area contributed by atoms with Gasteiger partial charge in [-0.2, -0.15) is 0 Å². The highest BCUT2D eigenvalue weighted by Crippen LogP contribution is 2.04. The fraction of sp³-hybridized carbons (Fsp3) is 0.667. The van der Waals surface area contributed by atoms with Crippen molar-refractivity contribution in [1.29, 1.82) is 0 Å². The Morgan fingerprint density at radius 1 is 1.44 bits per heavy atom. The van der Waals surface area contributed by atoms with Gasteiger partial charge < -0.3 is 0 Å². The molecule has 0 aliphatic heterocycles. The molecule has 0 saturated heterocycles. The molecule has 0 bridgehead atoms. The molecule has 1 aromatic rings. The average molecular weight is 283 g/mol. The van der Waals surface area contributed by atoms with E-state index < -0.39 is 10.0 Å². The third kappa shape index (κ3) is 5.79. The van der Waals surface area contributed by atoms with Crippen LogP contribution in [0, 0.1) is 0 Å². The van der Waals surface area contributed by atoms with Crippen molar-refractivity contribution in [1.82, 2.24) is 9.71 Å². The summed E-state index contributed by atoms with van der Waals surface area (Å²) in [5.74, 6) is 0.659. The van der Waals surface area contributed by atoms with Crippen LogP contribution in [-0.4, -0.2) is 31.6 Å². The molecule has 92 valence electrons. The SMILES string of the molecule is O=S(=O)(CCCCCl)NCCc1nccs1. The first-order chi connectivity index (χ1) is 7.64. The van der Waals surface area contributed by atoms with Crippen LogP contribution in [0.3, 0.4) is 0 Å². The third-order valence-corrected chi connectivity index (χ3v) is 4.52. The summed E-state index contributed by atoms with van der Waals surface area (Å²) in [6.07, 6.45) is 3.70. The molecule has 0 saturated carbocycles. The van der Waals surface area contributed by atoms with E-state index in [1.807, 2.05) is 5.38 Å². The van der Waals surface area contributed by atoms with Gasteiger partial charge in [0.15, 0.2) is 0 Å². The van der Waals surface area contributed by atoms with Gasteiger partial charge in [-0.05, 0) is 12.8 Å². The molecule has 0 unspecified atom stereocenters. The number of nitrogens with one attached hydrogen (secondary N) is 1. The van der Waals surface area contributed by atoms with Crippen LogP contribution in [-0.2, 0) is 16.4 Å². The number of aromatic nitrogens is 1. The summed E-state index contributed by atoms with van der Waals surface area (Å²) < 4.78 is 25.5. The molecule has 16 heavy (non-hydrogen) atoms. The second-order valence-corrected chi connectivity index (χ2v) is 6.57. The van der Waals surface area contributed by atoms with E-state index in [-0.39, 0.29) is 5.75 Å². The highest BCUT2D eigenvalue weighted by atomic mass is 35.5. The molecule has 1 heterocycles. The molecule has 7 heteroatoms. The number of sulfonamides is 1. The maximum atomic E-state index is 11.5. The molecule has 0 atom stereocenters. The monoisotopic (exact) mass is 282 g/mol. The highest BCUT2D eigenvalue weighted by Gasteiger charge is 2.08. The van der Waals surface area contributed by atoms with E-state index >= 15 is 0 Å². The highest BCUT2D eigenvalue weighted by molar-refractivity contribution is 7.89. The molecular weight excluding hydrogens is 268 g/mol. The second kappa shape index (κ2) is 7.21. The van der Waals surface area contributed by atoms with Gasteiger partial charge in [0.2, 0.25) is 10.0 Å². The van der Waals surface area contributed by atoms with Crippen molar-refractivity contribution in [2.75, 3.05) is 18.2 Å². The molecule has 1 rings (SSSR count). The zero-order valence-corrected chi connectivity index (χ0v) is 11.2. The van der Waals surface area contributed by atoms with Crippen LogP contribution in [0.2, 0.25) is 0 Å². The van der Waals surface area contributed by atoms with Crippen molar-refractivity contribution in [2.45, 2.75) is 19.3 Å². The summed E-state index contributed by atoms with van der Waals surface area (Å²) in [5, 5.41) is 2.83. The number of halogens is 1. The van der Waals surface area contributed by atoms with E-state index in [2.05, 4.69) is 9.71 Å². The zero-order valence-electron chi connectivity index (χ0n) is 8.86. The number of unbranched alkanes of at least 4 members (excludes halogenated alkanes) is 1. The van der Waals surface area contributed by atoms with E-state index in [1.165, 1.54) is 11.3 Å². The van der Waals surface area contributed by atoms with Gasteiger partial charge >= 0.3 is 0 Å². The number of nitrogens with zero attached hydrogens (tertiary/aromatic N) is 1. The Balaban J connectivity index is 2.20. The Bertz CT molecular complexity index is 378. The molecular formula is C9H15ClN2O2S2. The van der Waals surface area contributed by atoms with Crippen LogP contribution < -0.4 is 4.72 Å². The topological polar surface area (TPSA) is 59.1 Å². The van der Waals surface area contributed by atoms with Gasteiger partial charge in [-0.1, -0.05) is 0 Å². The maximum Gasteiger partial charge on any atom is 0.211 e. The first kappa shape index (κ1) is 13.9. The number of hydrogen-bond acceptors (Lipinski definition) is 4. The van der Waals surface area contributed by atoms with E-state index in [4.69, 9.17) is 11.6 Å². The lowest BCUT2D eigenvalue weighted by Gasteiger charge is -2.04. The van der Waals surface area contributed by atoms with Crippen LogP contribution in [0.25, 0.3) is 0 Å². The lowest BCUT2D eigenvalue weighted by molar-refractivity contribution is 0.578. The van der Waals surface area contributed by atoms with Gasteiger partial charge in [0.05, 0.1) is 10.8 Å². The summed E-state index contributed by atoms with van der Waals surface area (Å²) in [5.41, 5.74) is 0. The summed E-state index contributed by atoms with van der Waals surface area (Å²) >= 11 is 7.01. The van der Waals surface area contributed by atoms with Crippen LogP contribution in [0.15, 0.2) is 11.6 Å². The largest absolute Gasteiger partial charge is 0.250 e. The minimum Gasteiger partial charge on any atom is -0.250 e. The predicted molar refractivity (Wildman–Crippen MR) is 67.6 cm³/mol. The number of hydrogen-bond donors (Lipinski definition) is 1. The van der Waals surface area contributed by atoms with E-state index in [0.717, 1.165) is 11.4 Å². The van der Waals surface area contributed by atoms with E-state index in [9.17, 15) is 8.42 Å². The number of thiazole rings is 1. The van der Waals surface area contributed by atoms with Crippen LogP contribution in [0.4, 0.5) is 0 Å². The zero-order chi connectivity index (χ0) is 11.9. The first-order valence-electron chi connectivity index (χ1n) is 5.06. The quantitative estimate of drug-likeness (QED) is 0.582. The van der Waals surface area contributed by atoms with Gasteiger partial charge in [0, 0.05) is 30.4 Å². The predicted octanol–water partition coefficient (Wildman–Crippen LogP) is 1.62. The Kier molecular flexibility index (Phi) is 6.26. The summed E-state index contributed by atoms with van der Waals surface area (Å²) in [6, 6.07) is 0. The summed E-state index contributed by atoms with van der Waals surface area (Å²) in [6.45, 7) is 0.413. The van der Waals surface area contributed by atoms with Crippen molar-refractivity contribution in [3.05, 3.63) is 16.6 Å². The van der Waals surface area contributed by atoms with Crippen LogP contribution >= 0.6 is 22.9 Å². The van der Waals surface area contributed by atoms with Crippen molar-refractivity contribution in [3.63, 3.8) is 0 Å². The lowest BCUT2D eigenvalue weighted by atomic mass is 10.4. The molecule has 0 aliphatic rings. The minimum atomic E-state index is -3.14. The van der Waals surface area contributed by atoms with E-state index in [0.29, 0.717) is 25.3 Å². The van der Waals surface area contributed by atoms with Crippen LogP contribution in [0.5, 0.6) is 0 Å². The Hall–Kier alpha value is -0.170. The van der Waals surface area contributed by atoms with Gasteiger partial charge in [0.1, 0.15) is 0 Å². The fourth-order valence-electron chi connectivity index (χ4n) is 1.15. The molecule has 0 aliphatic carbocycles. The number of rotatable bonds is 8. The van der Waals surface area contributed by atoms with Gasteiger partial charge in [-0.25, -0.2) is 18.1 Å². The Morgan fingerprint density at radius 2 is 2.25 bits per heavy atom. The molecule has 1 aromatic heterocycles. The smallest absolute Gasteiger partial charge is 0.211 e. The summed E-state index contributed by atoms with van der Waals surface area (Å²) in [4.78, 5) is 4.08. The van der Waals surface area contributed by atoms with E-state index in [1.54, 1.807) is 6.20 Å². The Morgan fingerprint density at radius 3 is 2.88 bits per heavy atom. The summed E-state index contributed by atoms with van der Waals surface area (Å²) in [7, 11) is -3.14. The van der Waals surface area contributed by atoms with Gasteiger partial charge in [-0.15, -0.1) is 22.9 Å². The van der Waals surface area contributed by atoms with Crippen molar-refractivity contribution in [2.24, 2.45) is 0 Å². The van der Waals surface area contributed by atoms with Crippen molar-refractivity contribution < 1.29 is 8.42 Å². The van der Waals surface area contributed by atoms with Gasteiger partial charge in [-0.3, -0.25) is 0 Å². The molecule has 4 nitrogen and oxygen atoms in total. The van der Waals surface area contributed by atoms with Crippen molar-refractivity contribution >= 4 is 33.0 Å².